The molecule has 1 aromatic heterocycles. The summed E-state index contributed by atoms with van der Waals surface area (Å²) < 4.78 is 12.9. The van der Waals surface area contributed by atoms with Gasteiger partial charge in [-0.2, -0.15) is 9.90 Å². The minimum Gasteiger partial charge on any atom is -0.344 e. The van der Waals surface area contributed by atoms with Gasteiger partial charge in [-0.05, 0) is 36.8 Å². The summed E-state index contributed by atoms with van der Waals surface area (Å²) >= 11 is 0. The van der Waals surface area contributed by atoms with Crippen LogP contribution in [0.1, 0.15) is 29.0 Å². The second-order valence-corrected chi connectivity index (χ2v) is 5.10. The largest absolute Gasteiger partial charge is 0.344 e. The number of halogens is 1. The lowest BCUT2D eigenvalue weighted by Gasteiger charge is -2.13. The monoisotopic (exact) mass is 310 g/mol. The van der Waals surface area contributed by atoms with Gasteiger partial charge in [0.25, 0.3) is 5.91 Å². The molecule has 0 bridgehead atoms. The molecule has 1 unspecified atom stereocenters. The van der Waals surface area contributed by atoms with Gasteiger partial charge < -0.3 is 5.32 Å². The van der Waals surface area contributed by atoms with Crippen molar-refractivity contribution in [2.45, 2.75) is 13.0 Å². The van der Waals surface area contributed by atoms with Crippen LogP contribution in [0.3, 0.4) is 0 Å². The van der Waals surface area contributed by atoms with E-state index in [1.165, 1.54) is 23.1 Å². The van der Waals surface area contributed by atoms with Crippen LogP contribution in [0.2, 0.25) is 0 Å². The molecule has 1 heterocycles. The Bertz CT molecular complexity index is 799. The summed E-state index contributed by atoms with van der Waals surface area (Å²) in [6.07, 6.45) is 1.42. The van der Waals surface area contributed by atoms with Crippen LogP contribution >= 0.6 is 0 Å². The summed E-state index contributed by atoms with van der Waals surface area (Å²) in [5.41, 5.74) is 1.82. The van der Waals surface area contributed by atoms with Gasteiger partial charge in [-0.15, -0.1) is 5.10 Å². The van der Waals surface area contributed by atoms with Crippen molar-refractivity contribution in [3.8, 4) is 5.69 Å². The van der Waals surface area contributed by atoms with Gasteiger partial charge in [-0.25, -0.2) is 4.39 Å². The van der Waals surface area contributed by atoms with Crippen molar-refractivity contribution in [1.82, 2.24) is 20.3 Å². The number of hydrogen-bond acceptors (Lipinski definition) is 3. The first kappa shape index (κ1) is 14.9. The van der Waals surface area contributed by atoms with E-state index < -0.39 is 0 Å². The van der Waals surface area contributed by atoms with Crippen molar-refractivity contribution in [2.24, 2.45) is 0 Å². The standard InChI is InChI=1S/C17H15FN4O/c1-12(13-7-9-14(18)10-8-13)20-17(23)16-11-19-22(21-16)15-5-3-2-4-6-15/h2-12H,1H3,(H,20,23). The van der Waals surface area contributed by atoms with Gasteiger partial charge in [-0.1, -0.05) is 30.3 Å². The number of amides is 1. The minimum absolute atomic E-state index is 0.225. The van der Waals surface area contributed by atoms with Gasteiger partial charge >= 0.3 is 0 Å². The summed E-state index contributed by atoms with van der Waals surface area (Å²) in [4.78, 5) is 13.6. The van der Waals surface area contributed by atoms with Gasteiger partial charge in [0, 0.05) is 0 Å². The molecule has 2 aromatic carbocycles. The summed E-state index contributed by atoms with van der Waals surface area (Å²) in [6.45, 7) is 1.83. The average Bonchev–Trinajstić information content (AvgIpc) is 3.06. The molecule has 0 radical (unpaired) electrons. The van der Waals surface area contributed by atoms with Crippen molar-refractivity contribution >= 4 is 5.91 Å². The Balaban J connectivity index is 1.71. The smallest absolute Gasteiger partial charge is 0.273 e. The fourth-order valence-corrected chi connectivity index (χ4v) is 2.16. The van der Waals surface area contributed by atoms with E-state index in [1.54, 1.807) is 12.1 Å². The van der Waals surface area contributed by atoms with Crippen LogP contribution in [0.15, 0.2) is 60.8 Å². The first-order valence-electron chi connectivity index (χ1n) is 7.17. The topological polar surface area (TPSA) is 59.8 Å². The first-order chi connectivity index (χ1) is 11.1. The quantitative estimate of drug-likeness (QED) is 0.806. The molecule has 0 fully saturated rings. The lowest BCUT2D eigenvalue weighted by atomic mass is 10.1. The Kier molecular flexibility index (Phi) is 4.14. The summed E-state index contributed by atoms with van der Waals surface area (Å²) in [5.74, 6) is -0.637. The van der Waals surface area contributed by atoms with Crippen LogP contribution in [-0.4, -0.2) is 20.9 Å². The molecule has 0 spiro atoms. The maximum Gasteiger partial charge on any atom is 0.273 e. The minimum atomic E-state index is -0.330. The molecule has 1 N–H and O–H groups in total. The number of aromatic nitrogens is 3. The predicted octanol–water partition coefficient (Wildman–Crippen LogP) is 2.90. The molecule has 23 heavy (non-hydrogen) atoms. The zero-order valence-electron chi connectivity index (χ0n) is 12.5. The van der Waals surface area contributed by atoms with E-state index in [2.05, 4.69) is 15.5 Å². The molecule has 0 saturated heterocycles. The Morgan fingerprint density at radius 1 is 1.13 bits per heavy atom. The molecular formula is C17H15FN4O. The third kappa shape index (κ3) is 3.42. The molecule has 3 rings (SSSR count). The highest BCUT2D eigenvalue weighted by Gasteiger charge is 2.15. The van der Waals surface area contributed by atoms with Gasteiger partial charge in [0.05, 0.1) is 17.9 Å². The fourth-order valence-electron chi connectivity index (χ4n) is 2.16. The van der Waals surface area contributed by atoms with Crippen molar-refractivity contribution in [3.05, 3.63) is 77.9 Å². The maximum atomic E-state index is 12.9. The lowest BCUT2D eigenvalue weighted by Crippen LogP contribution is -2.27. The van der Waals surface area contributed by atoms with Gasteiger partial charge in [-0.3, -0.25) is 4.79 Å². The number of hydrogen-bond donors (Lipinski definition) is 1. The van der Waals surface area contributed by atoms with Crippen molar-refractivity contribution in [3.63, 3.8) is 0 Å². The average molecular weight is 310 g/mol. The molecule has 0 aliphatic carbocycles. The van der Waals surface area contributed by atoms with Gasteiger partial charge in [0.15, 0.2) is 5.69 Å². The van der Waals surface area contributed by atoms with E-state index in [0.717, 1.165) is 11.3 Å². The Morgan fingerprint density at radius 3 is 2.52 bits per heavy atom. The van der Waals surface area contributed by atoms with E-state index in [1.807, 2.05) is 37.3 Å². The van der Waals surface area contributed by atoms with E-state index in [0.29, 0.717) is 0 Å². The Hall–Kier alpha value is -3.02. The highest BCUT2D eigenvalue weighted by molar-refractivity contribution is 5.92. The van der Waals surface area contributed by atoms with Gasteiger partial charge in [0.2, 0.25) is 0 Å². The normalized spacial score (nSPS) is 11.9. The molecule has 5 nitrogen and oxygen atoms in total. The summed E-state index contributed by atoms with van der Waals surface area (Å²) in [5, 5.41) is 11.1. The number of benzene rings is 2. The number of para-hydroxylation sites is 1. The van der Waals surface area contributed by atoms with Crippen molar-refractivity contribution in [2.75, 3.05) is 0 Å². The second-order valence-electron chi connectivity index (χ2n) is 5.10. The second kappa shape index (κ2) is 6.39. The number of carbonyl (C=O) groups is 1. The van der Waals surface area contributed by atoms with Crippen LogP contribution in [0.4, 0.5) is 4.39 Å². The highest BCUT2D eigenvalue weighted by atomic mass is 19.1. The number of rotatable bonds is 4. The van der Waals surface area contributed by atoms with E-state index >= 15 is 0 Å². The van der Waals surface area contributed by atoms with E-state index in [4.69, 9.17) is 0 Å². The van der Waals surface area contributed by atoms with E-state index in [9.17, 15) is 9.18 Å². The van der Waals surface area contributed by atoms with Crippen molar-refractivity contribution < 1.29 is 9.18 Å². The molecule has 1 atom stereocenters. The van der Waals surface area contributed by atoms with Crippen LogP contribution in [-0.2, 0) is 0 Å². The Labute approximate surface area is 132 Å². The van der Waals surface area contributed by atoms with Crippen LogP contribution in [0.5, 0.6) is 0 Å². The van der Waals surface area contributed by atoms with Crippen molar-refractivity contribution in [1.29, 1.82) is 0 Å². The predicted molar refractivity (Wildman–Crippen MR) is 83.6 cm³/mol. The molecule has 0 aliphatic rings. The van der Waals surface area contributed by atoms with Crippen LogP contribution < -0.4 is 5.32 Å². The molecule has 6 heteroatoms. The number of carbonyl (C=O) groups excluding carboxylic acids is 1. The van der Waals surface area contributed by atoms with Gasteiger partial charge in [0.1, 0.15) is 5.82 Å². The molecule has 116 valence electrons. The fraction of sp³-hybridized carbons (Fsp3) is 0.118. The summed E-state index contributed by atoms with van der Waals surface area (Å²) in [7, 11) is 0. The Morgan fingerprint density at radius 2 is 1.83 bits per heavy atom. The zero-order chi connectivity index (χ0) is 16.2. The molecule has 0 saturated carbocycles. The number of nitrogens with one attached hydrogen (secondary N) is 1. The third-order valence-corrected chi connectivity index (χ3v) is 3.43. The number of nitrogens with zero attached hydrogens (tertiary/aromatic N) is 3. The van der Waals surface area contributed by atoms with E-state index in [-0.39, 0.29) is 23.5 Å². The highest BCUT2D eigenvalue weighted by Crippen LogP contribution is 2.13. The first-order valence-corrected chi connectivity index (χ1v) is 7.17. The van der Waals surface area contributed by atoms with Crippen LogP contribution in [0.25, 0.3) is 5.69 Å². The summed E-state index contributed by atoms with van der Waals surface area (Å²) in [6, 6.07) is 15.1. The molecular weight excluding hydrogens is 295 g/mol. The molecule has 0 aliphatic heterocycles. The zero-order valence-corrected chi connectivity index (χ0v) is 12.5. The maximum absolute atomic E-state index is 12.9. The molecule has 3 aromatic rings. The molecule has 1 amide bonds. The van der Waals surface area contributed by atoms with Crippen LogP contribution in [0, 0.1) is 5.82 Å². The SMILES string of the molecule is CC(NC(=O)c1cnn(-c2ccccc2)n1)c1ccc(F)cc1. The third-order valence-electron chi connectivity index (χ3n) is 3.43. The lowest BCUT2D eigenvalue weighted by molar-refractivity contribution is 0.0934.